The fraction of sp³-hybridized carbons (Fsp3) is 0.167. The van der Waals surface area contributed by atoms with Crippen molar-refractivity contribution in [2.75, 3.05) is 0 Å². The first-order valence-electron chi connectivity index (χ1n) is 5.19. The van der Waals surface area contributed by atoms with Crippen LogP contribution in [0.3, 0.4) is 0 Å². The standard InChI is InChI=1S/C12H8BrF3N2O/c1-18-5-4-17-11(18)10(19)8-6-7(12(14,15)16)2-3-9(8)13/h2-6H,1H3. The molecular formula is C12H8BrF3N2O. The number of nitrogens with zero attached hydrogens (tertiary/aromatic N) is 2. The van der Waals surface area contributed by atoms with E-state index >= 15 is 0 Å². The van der Waals surface area contributed by atoms with Gasteiger partial charge in [0.1, 0.15) is 0 Å². The normalized spacial score (nSPS) is 11.6. The second kappa shape index (κ2) is 4.80. The number of ketones is 1. The maximum Gasteiger partial charge on any atom is 0.416 e. The molecule has 0 spiro atoms. The number of alkyl halides is 3. The minimum Gasteiger partial charge on any atom is -0.331 e. The Morgan fingerprint density at radius 1 is 1.37 bits per heavy atom. The number of halogens is 4. The molecular weight excluding hydrogens is 325 g/mol. The quantitative estimate of drug-likeness (QED) is 0.790. The van der Waals surface area contributed by atoms with Gasteiger partial charge in [-0.3, -0.25) is 4.79 Å². The zero-order valence-electron chi connectivity index (χ0n) is 9.70. The van der Waals surface area contributed by atoms with Gasteiger partial charge in [0.15, 0.2) is 5.82 Å². The minimum absolute atomic E-state index is 0.0656. The predicted molar refractivity (Wildman–Crippen MR) is 65.8 cm³/mol. The number of benzene rings is 1. The van der Waals surface area contributed by atoms with Crippen LogP contribution in [0.25, 0.3) is 0 Å². The Morgan fingerprint density at radius 2 is 2.05 bits per heavy atom. The number of carbonyl (C=O) groups excluding carboxylic acids is 1. The Kier molecular flexibility index (Phi) is 3.49. The topological polar surface area (TPSA) is 34.9 Å². The first-order chi connectivity index (χ1) is 8.80. The van der Waals surface area contributed by atoms with Gasteiger partial charge in [0.05, 0.1) is 5.56 Å². The molecule has 19 heavy (non-hydrogen) atoms. The molecule has 0 saturated carbocycles. The summed E-state index contributed by atoms with van der Waals surface area (Å²) in [7, 11) is 1.60. The van der Waals surface area contributed by atoms with E-state index in [0.717, 1.165) is 12.1 Å². The van der Waals surface area contributed by atoms with Crippen molar-refractivity contribution in [3.05, 3.63) is 52.0 Å². The van der Waals surface area contributed by atoms with Crippen LogP contribution < -0.4 is 0 Å². The van der Waals surface area contributed by atoms with E-state index in [2.05, 4.69) is 20.9 Å². The molecule has 7 heteroatoms. The van der Waals surface area contributed by atoms with Crippen molar-refractivity contribution in [1.29, 1.82) is 0 Å². The highest BCUT2D eigenvalue weighted by molar-refractivity contribution is 9.10. The molecule has 0 N–H and O–H groups in total. The van der Waals surface area contributed by atoms with E-state index in [0.29, 0.717) is 4.47 Å². The molecule has 2 rings (SSSR count). The van der Waals surface area contributed by atoms with Gasteiger partial charge in [0.2, 0.25) is 5.78 Å². The van der Waals surface area contributed by atoms with Crippen molar-refractivity contribution in [2.45, 2.75) is 6.18 Å². The first kappa shape index (κ1) is 13.8. The lowest BCUT2D eigenvalue weighted by atomic mass is 10.1. The van der Waals surface area contributed by atoms with Gasteiger partial charge in [0.25, 0.3) is 0 Å². The zero-order chi connectivity index (χ0) is 14.2. The van der Waals surface area contributed by atoms with Gasteiger partial charge < -0.3 is 4.57 Å². The predicted octanol–water partition coefficient (Wildman–Crippen LogP) is 3.43. The molecule has 0 radical (unpaired) electrons. The molecule has 0 bridgehead atoms. The largest absolute Gasteiger partial charge is 0.416 e. The molecule has 0 atom stereocenters. The average Bonchev–Trinajstić information content (AvgIpc) is 2.73. The molecule has 3 nitrogen and oxygen atoms in total. The summed E-state index contributed by atoms with van der Waals surface area (Å²) in [6, 6.07) is 2.94. The van der Waals surface area contributed by atoms with Crippen LogP contribution in [0.1, 0.15) is 21.7 Å². The monoisotopic (exact) mass is 332 g/mol. The Labute approximate surface area is 115 Å². The van der Waals surface area contributed by atoms with Crippen molar-refractivity contribution in [1.82, 2.24) is 9.55 Å². The molecule has 100 valence electrons. The summed E-state index contributed by atoms with van der Waals surface area (Å²) >= 11 is 3.08. The highest BCUT2D eigenvalue weighted by Gasteiger charge is 2.32. The van der Waals surface area contributed by atoms with Gasteiger partial charge in [-0.1, -0.05) is 15.9 Å². The van der Waals surface area contributed by atoms with E-state index in [9.17, 15) is 18.0 Å². The summed E-state index contributed by atoms with van der Waals surface area (Å²) < 4.78 is 39.7. The molecule has 2 aromatic rings. The molecule has 1 aromatic heterocycles. The zero-order valence-corrected chi connectivity index (χ0v) is 11.3. The van der Waals surface area contributed by atoms with Crippen LogP contribution in [0, 0.1) is 0 Å². The second-order valence-electron chi connectivity index (χ2n) is 3.88. The average molecular weight is 333 g/mol. The summed E-state index contributed by atoms with van der Waals surface area (Å²) in [4.78, 5) is 16.0. The van der Waals surface area contributed by atoms with Crippen LogP contribution in [-0.2, 0) is 13.2 Å². The lowest BCUT2D eigenvalue weighted by molar-refractivity contribution is -0.137. The molecule has 0 aliphatic carbocycles. The maximum atomic E-state index is 12.6. The highest BCUT2D eigenvalue weighted by Crippen LogP contribution is 2.32. The van der Waals surface area contributed by atoms with E-state index in [1.165, 1.54) is 16.8 Å². The van der Waals surface area contributed by atoms with Crippen molar-refractivity contribution in [2.24, 2.45) is 7.05 Å². The molecule has 0 aliphatic heterocycles. The molecule has 1 heterocycles. The molecule has 0 amide bonds. The van der Waals surface area contributed by atoms with Gasteiger partial charge in [-0.2, -0.15) is 13.2 Å². The summed E-state index contributed by atoms with van der Waals surface area (Å²) in [6.07, 6.45) is -1.53. The third kappa shape index (κ3) is 2.70. The van der Waals surface area contributed by atoms with E-state index in [1.54, 1.807) is 13.2 Å². The lowest BCUT2D eigenvalue weighted by Gasteiger charge is -2.10. The van der Waals surface area contributed by atoms with Gasteiger partial charge >= 0.3 is 6.18 Å². The summed E-state index contributed by atoms with van der Waals surface area (Å²) in [5.74, 6) is -0.481. The smallest absolute Gasteiger partial charge is 0.331 e. The summed E-state index contributed by atoms with van der Waals surface area (Å²) in [5, 5.41) is 0. The molecule has 0 aliphatic rings. The Morgan fingerprint density at radius 3 is 2.58 bits per heavy atom. The number of carbonyl (C=O) groups is 1. The SMILES string of the molecule is Cn1ccnc1C(=O)c1cc(C(F)(F)F)ccc1Br. The molecule has 0 unspecified atom stereocenters. The van der Waals surface area contributed by atoms with Crippen LogP contribution >= 0.6 is 15.9 Å². The van der Waals surface area contributed by atoms with E-state index in [4.69, 9.17) is 0 Å². The number of rotatable bonds is 2. The van der Waals surface area contributed by atoms with E-state index < -0.39 is 17.5 Å². The summed E-state index contributed by atoms with van der Waals surface area (Å²) in [5.41, 5.74) is -0.933. The van der Waals surface area contributed by atoms with E-state index in [-0.39, 0.29) is 11.4 Å². The summed E-state index contributed by atoms with van der Waals surface area (Å²) in [6.45, 7) is 0. The number of hydrogen-bond acceptors (Lipinski definition) is 2. The van der Waals surface area contributed by atoms with Crippen LogP contribution in [0.5, 0.6) is 0 Å². The fourth-order valence-corrected chi connectivity index (χ4v) is 2.01. The third-order valence-corrected chi connectivity index (χ3v) is 3.25. The molecule has 0 fully saturated rings. The van der Waals surface area contributed by atoms with Crippen molar-refractivity contribution < 1.29 is 18.0 Å². The van der Waals surface area contributed by atoms with Crippen LogP contribution in [0.4, 0.5) is 13.2 Å². The van der Waals surface area contributed by atoms with Gasteiger partial charge in [0, 0.05) is 29.5 Å². The Balaban J connectivity index is 2.51. The number of imidazole rings is 1. The minimum atomic E-state index is -4.49. The van der Waals surface area contributed by atoms with Crippen molar-refractivity contribution in [3.8, 4) is 0 Å². The van der Waals surface area contributed by atoms with Gasteiger partial charge in [-0.05, 0) is 18.2 Å². The third-order valence-electron chi connectivity index (χ3n) is 2.56. The lowest BCUT2D eigenvalue weighted by Crippen LogP contribution is -2.12. The van der Waals surface area contributed by atoms with Crippen molar-refractivity contribution in [3.63, 3.8) is 0 Å². The van der Waals surface area contributed by atoms with Crippen LogP contribution in [-0.4, -0.2) is 15.3 Å². The first-order valence-corrected chi connectivity index (χ1v) is 5.99. The van der Waals surface area contributed by atoms with E-state index in [1.807, 2.05) is 0 Å². The van der Waals surface area contributed by atoms with Crippen LogP contribution in [0.15, 0.2) is 35.1 Å². The molecule has 1 aromatic carbocycles. The maximum absolute atomic E-state index is 12.6. The van der Waals surface area contributed by atoms with Crippen LogP contribution in [0.2, 0.25) is 0 Å². The highest BCUT2D eigenvalue weighted by atomic mass is 79.9. The Bertz CT molecular complexity index is 634. The number of hydrogen-bond donors (Lipinski definition) is 0. The van der Waals surface area contributed by atoms with Gasteiger partial charge in [-0.15, -0.1) is 0 Å². The molecule has 0 saturated heterocycles. The number of aryl methyl sites for hydroxylation is 1. The van der Waals surface area contributed by atoms with Crippen molar-refractivity contribution >= 4 is 21.7 Å². The second-order valence-corrected chi connectivity index (χ2v) is 4.74. The fourth-order valence-electron chi connectivity index (χ4n) is 1.58. The van der Waals surface area contributed by atoms with Gasteiger partial charge in [-0.25, -0.2) is 4.98 Å². The Hall–Kier alpha value is -1.63. The number of aromatic nitrogens is 2.